The van der Waals surface area contributed by atoms with Crippen LogP contribution in [0.4, 0.5) is 15.5 Å². The molecule has 0 amide bonds. The van der Waals surface area contributed by atoms with Gasteiger partial charge in [0.15, 0.2) is 9.84 Å². The van der Waals surface area contributed by atoms with Crippen molar-refractivity contribution >= 4 is 9.84 Å². The Morgan fingerprint density at radius 3 is 2.21 bits per heavy atom. The second-order valence-corrected chi connectivity index (χ2v) is 16.3. The molecule has 2 atom stereocenters. The summed E-state index contributed by atoms with van der Waals surface area (Å²) in [5.41, 5.74) is 4.52. The van der Waals surface area contributed by atoms with E-state index in [4.69, 9.17) is 14.5 Å². The van der Waals surface area contributed by atoms with Crippen LogP contribution in [-0.4, -0.2) is 29.6 Å². The maximum absolute atomic E-state index is 14.1. The molecule has 1 aromatic carbocycles. The minimum absolute atomic E-state index is 0.0997. The Bertz CT molecular complexity index is 1270. The zero-order chi connectivity index (χ0) is 27.2. The standard InChI is InChI=1S/C29H37F4NO3S/c1-28(2)16-21-23(22(35)17-28)25-24(26(34-21)18-10-14-36-15-11-18)27(37-29(25)12-4-5-13-29)19-6-8-20(9-7-19)38(3,30,31,32)33/h6-9,18,22,27,35H,4-5,10-17H2,1-3H3. The molecule has 3 heterocycles. The molecule has 4 nitrogen and oxygen atoms in total. The summed E-state index contributed by atoms with van der Waals surface area (Å²) in [6.45, 7) is 5.55. The molecule has 0 bridgehead atoms. The highest BCUT2D eigenvalue weighted by Crippen LogP contribution is 2.98. The van der Waals surface area contributed by atoms with Crippen LogP contribution >= 0.6 is 9.84 Å². The summed E-state index contributed by atoms with van der Waals surface area (Å²) in [6.07, 6.45) is 4.99. The van der Waals surface area contributed by atoms with E-state index in [0.717, 1.165) is 85.2 Å². The first kappa shape index (κ1) is 26.5. The minimum Gasteiger partial charge on any atom is -0.388 e. The molecule has 2 aliphatic carbocycles. The third kappa shape index (κ3) is 4.47. The van der Waals surface area contributed by atoms with Crippen molar-refractivity contribution in [1.29, 1.82) is 0 Å². The Morgan fingerprint density at radius 1 is 0.974 bits per heavy atom. The molecule has 210 valence electrons. The lowest BCUT2D eigenvalue weighted by molar-refractivity contribution is -0.0581. The molecule has 1 saturated heterocycles. The van der Waals surface area contributed by atoms with Crippen molar-refractivity contribution in [2.24, 2.45) is 5.41 Å². The highest BCUT2D eigenvalue weighted by molar-refractivity contribution is 8.49. The number of aliphatic hydroxyl groups is 1. The van der Waals surface area contributed by atoms with Gasteiger partial charge in [0.05, 0.1) is 28.6 Å². The topological polar surface area (TPSA) is 51.6 Å². The molecule has 2 aromatic rings. The average molecular weight is 556 g/mol. The number of rotatable bonds is 3. The van der Waals surface area contributed by atoms with E-state index in [0.29, 0.717) is 25.2 Å². The van der Waals surface area contributed by atoms with Crippen LogP contribution < -0.4 is 0 Å². The lowest BCUT2D eigenvalue weighted by Gasteiger charge is -2.46. The number of nitrogens with zero attached hydrogens (tertiary/aromatic N) is 1. The van der Waals surface area contributed by atoms with Gasteiger partial charge in [-0.1, -0.05) is 38.8 Å². The van der Waals surface area contributed by atoms with Crippen LogP contribution in [0, 0.1) is 5.41 Å². The SMILES string of the molecule is CC1(C)Cc2nc(C3CCOCC3)c3c(c2C(O)C1)C1(CCCC1)OC3c1ccc(S(C)(F)(F)(F)F)cc1. The largest absolute Gasteiger partial charge is 0.388 e. The monoisotopic (exact) mass is 555 g/mol. The van der Waals surface area contributed by atoms with Crippen LogP contribution in [0.5, 0.6) is 0 Å². The van der Waals surface area contributed by atoms with Crippen molar-refractivity contribution in [1.82, 2.24) is 4.98 Å². The minimum atomic E-state index is -8.30. The Hall–Kier alpha value is -1.68. The Kier molecular flexibility index (Phi) is 5.55. The fourth-order valence-corrected chi connectivity index (χ4v) is 8.06. The predicted octanol–water partition coefficient (Wildman–Crippen LogP) is 8.27. The Balaban J connectivity index is 1.57. The maximum Gasteiger partial charge on any atom is 0.184 e. The van der Waals surface area contributed by atoms with E-state index in [-0.39, 0.29) is 17.6 Å². The fourth-order valence-electron chi connectivity index (χ4n) is 7.24. The van der Waals surface area contributed by atoms with Crippen molar-refractivity contribution in [3.8, 4) is 0 Å². The van der Waals surface area contributed by atoms with Crippen LogP contribution in [0.25, 0.3) is 0 Å². The van der Waals surface area contributed by atoms with Gasteiger partial charge < -0.3 is 14.6 Å². The molecule has 2 aliphatic heterocycles. The summed E-state index contributed by atoms with van der Waals surface area (Å²) in [6, 6.07) is 4.40. The van der Waals surface area contributed by atoms with Gasteiger partial charge in [-0.2, -0.15) is 0 Å². The molecule has 2 fully saturated rings. The van der Waals surface area contributed by atoms with Crippen LogP contribution in [0.15, 0.2) is 29.2 Å². The van der Waals surface area contributed by atoms with E-state index in [2.05, 4.69) is 13.8 Å². The summed E-state index contributed by atoms with van der Waals surface area (Å²) in [7, 11) is -8.30. The Labute approximate surface area is 221 Å². The third-order valence-corrected chi connectivity index (χ3v) is 10.4. The molecule has 1 N–H and O–H groups in total. The van der Waals surface area contributed by atoms with Crippen molar-refractivity contribution in [2.75, 3.05) is 19.5 Å². The number of benzene rings is 1. The number of ether oxygens (including phenoxy) is 2. The molecule has 6 rings (SSSR count). The molecule has 1 saturated carbocycles. The number of fused-ring (bicyclic) bond motifs is 4. The molecule has 4 aliphatic rings. The molecule has 9 heteroatoms. The van der Waals surface area contributed by atoms with Gasteiger partial charge in [0.2, 0.25) is 0 Å². The van der Waals surface area contributed by atoms with Gasteiger partial charge in [-0.05, 0) is 67.2 Å². The van der Waals surface area contributed by atoms with Crippen LogP contribution in [0.3, 0.4) is 0 Å². The van der Waals surface area contributed by atoms with Crippen LogP contribution in [0.2, 0.25) is 0 Å². The molecular formula is C29H37F4NO3S. The van der Waals surface area contributed by atoms with Crippen molar-refractivity contribution < 1.29 is 30.1 Å². The van der Waals surface area contributed by atoms with Crippen LogP contribution in [-0.2, 0) is 21.5 Å². The van der Waals surface area contributed by atoms with E-state index >= 15 is 0 Å². The fraction of sp³-hybridized carbons (Fsp3) is 0.621. The number of hydrogen-bond acceptors (Lipinski definition) is 4. The van der Waals surface area contributed by atoms with Crippen molar-refractivity contribution in [3.63, 3.8) is 0 Å². The van der Waals surface area contributed by atoms with Gasteiger partial charge in [-0.25, -0.2) is 0 Å². The van der Waals surface area contributed by atoms with E-state index in [9.17, 15) is 20.6 Å². The second-order valence-electron chi connectivity index (χ2n) is 12.8. The van der Waals surface area contributed by atoms with Gasteiger partial charge in [0.25, 0.3) is 0 Å². The highest BCUT2D eigenvalue weighted by Gasteiger charge is 2.59. The summed E-state index contributed by atoms with van der Waals surface area (Å²) >= 11 is 0. The summed E-state index contributed by atoms with van der Waals surface area (Å²) in [5, 5.41) is 11.5. The van der Waals surface area contributed by atoms with E-state index < -0.39 is 32.5 Å². The van der Waals surface area contributed by atoms with Crippen molar-refractivity contribution in [2.45, 2.75) is 93.8 Å². The van der Waals surface area contributed by atoms with Crippen molar-refractivity contribution in [3.05, 3.63) is 57.9 Å². The lowest BCUT2D eigenvalue weighted by atomic mass is 9.70. The summed E-state index contributed by atoms with van der Waals surface area (Å²) in [5.74, 6) is 0.140. The summed E-state index contributed by atoms with van der Waals surface area (Å²) < 4.78 is 69.0. The van der Waals surface area contributed by atoms with Gasteiger partial charge in [-0.3, -0.25) is 4.98 Å². The number of aliphatic hydroxyl groups excluding tert-OH is 1. The number of hydrogen-bond donors (Lipinski definition) is 1. The Morgan fingerprint density at radius 2 is 1.61 bits per heavy atom. The first-order valence-corrected chi connectivity index (χ1v) is 16.1. The predicted molar refractivity (Wildman–Crippen MR) is 140 cm³/mol. The number of aromatic nitrogens is 1. The number of halogens is 4. The third-order valence-electron chi connectivity index (χ3n) is 8.96. The maximum atomic E-state index is 14.1. The van der Waals surface area contributed by atoms with E-state index in [1.807, 2.05) is 0 Å². The molecular weight excluding hydrogens is 518 g/mol. The van der Waals surface area contributed by atoms with Gasteiger partial charge in [0, 0.05) is 36.0 Å². The lowest BCUT2D eigenvalue weighted by Crippen LogP contribution is -2.32. The molecule has 38 heavy (non-hydrogen) atoms. The first-order valence-electron chi connectivity index (χ1n) is 13.7. The smallest absolute Gasteiger partial charge is 0.184 e. The zero-order valence-corrected chi connectivity index (χ0v) is 23.1. The van der Waals surface area contributed by atoms with Gasteiger partial charge in [0.1, 0.15) is 6.10 Å². The quantitative estimate of drug-likeness (QED) is 0.387. The normalized spacial score (nSPS) is 28.5. The van der Waals surface area contributed by atoms with Gasteiger partial charge >= 0.3 is 0 Å². The highest BCUT2D eigenvalue weighted by atomic mass is 32.5. The van der Waals surface area contributed by atoms with E-state index in [1.165, 1.54) is 12.1 Å². The molecule has 0 radical (unpaired) electrons. The average Bonchev–Trinajstić information content (AvgIpc) is 3.42. The zero-order valence-electron chi connectivity index (χ0n) is 22.2. The van der Waals surface area contributed by atoms with E-state index in [1.54, 1.807) is 0 Å². The second kappa shape index (κ2) is 7.95. The molecule has 1 spiro atoms. The molecule has 1 aromatic heterocycles. The van der Waals surface area contributed by atoms with Gasteiger partial charge in [-0.15, -0.1) is 15.5 Å². The summed E-state index contributed by atoms with van der Waals surface area (Å²) in [4.78, 5) is 3.99. The molecule has 2 unspecified atom stereocenters. The first-order chi connectivity index (χ1) is 17.6. The number of pyridine rings is 1. The van der Waals surface area contributed by atoms with Crippen LogP contribution in [0.1, 0.15) is 111 Å².